The summed E-state index contributed by atoms with van der Waals surface area (Å²) in [6.07, 6.45) is 1.80. The maximum Gasteiger partial charge on any atom is 0.242 e. The van der Waals surface area contributed by atoms with Crippen LogP contribution in [0.3, 0.4) is 0 Å². The molecule has 3 rings (SSSR count). The molecule has 0 unspecified atom stereocenters. The summed E-state index contributed by atoms with van der Waals surface area (Å²) in [4.78, 5) is 23.1. The lowest BCUT2D eigenvalue weighted by Crippen LogP contribution is -2.42. The molecule has 2 amide bonds. The Morgan fingerprint density at radius 1 is 1.09 bits per heavy atom. The quantitative estimate of drug-likeness (QED) is 0.890. The van der Waals surface area contributed by atoms with Gasteiger partial charge in [0.05, 0.1) is 0 Å². The SMILES string of the molecule is O=C1CC[C@H](C(=O)NCCc2cccc(-c3ccccc3)c2)N1. The first-order valence-corrected chi connectivity index (χ1v) is 7.94. The summed E-state index contributed by atoms with van der Waals surface area (Å²) in [5, 5.41) is 5.58. The van der Waals surface area contributed by atoms with E-state index in [0.29, 0.717) is 19.4 Å². The van der Waals surface area contributed by atoms with E-state index in [-0.39, 0.29) is 17.9 Å². The van der Waals surface area contributed by atoms with Crippen LogP contribution < -0.4 is 10.6 Å². The second kappa shape index (κ2) is 7.09. The van der Waals surface area contributed by atoms with Gasteiger partial charge in [-0.25, -0.2) is 0 Å². The maximum atomic E-state index is 11.9. The number of rotatable bonds is 5. The highest BCUT2D eigenvalue weighted by molar-refractivity contribution is 5.90. The lowest BCUT2D eigenvalue weighted by molar-refractivity contribution is -0.125. The average molecular weight is 308 g/mol. The van der Waals surface area contributed by atoms with Crippen molar-refractivity contribution in [1.82, 2.24) is 10.6 Å². The number of carbonyl (C=O) groups excluding carboxylic acids is 2. The number of benzene rings is 2. The van der Waals surface area contributed by atoms with Gasteiger partial charge in [-0.1, -0.05) is 54.6 Å². The average Bonchev–Trinajstić information content (AvgIpc) is 3.02. The van der Waals surface area contributed by atoms with Crippen molar-refractivity contribution in [2.24, 2.45) is 0 Å². The van der Waals surface area contributed by atoms with E-state index in [1.165, 1.54) is 16.7 Å². The Hall–Kier alpha value is -2.62. The predicted octanol–water partition coefficient (Wildman–Crippen LogP) is 2.29. The van der Waals surface area contributed by atoms with Gasteiger partial charge in [-0.3, -0.25) is 9.59 Å². The van der Waals surface area contributed by atoms with Gasteiger partial charge < -0.3 is 10.6 Å². The molecule has 0 radical (unpaired) electrons. The van der Waals surface area contributed by atoms with Crippen LogP contribution in [0.25, 0.3) is 11.1 Å². The van der Waals surface area contributed by atoms with Crippen LogP contribution in [-0.4, -0.2) is 24.4 Å². The van der Waals surface area contributed by atoms with Crippen LogP contribution in [0.4, 0.5) is 0 Å². The van der Waals surface area contributed by atoms with E-state index >= 15 is 0 Å². The molecule has 1 aliphatic heterocycles. The van der Waals surface area contributed by atoms with E-state index in [4.69, 9.17) is 0 Å². The summed E-state index contributed by atoms with van der Waals surface area (Å²) in [7, 11) is 0. The molecule has 0 spiro atoms. The minimum atomic E-state index is -0.363. The van der Waals surface area contributed by atoms with E-state index in [1.54, 1.807) is 0 Å². The van der Waals surface area contributed by atoms with Crippen molar-refractivity contribution in [3.8, 4) is 11.1 Å². The molecule has 1 saturated heterocycles. The van der Waals surface area contributed by atoms with E-state index in [9.17, 15) is 9.59 Å². The van der Waals surface area contributed by atoms with Crippen molar-refractivity contribution >= 4 is 11.8 Å². The molecule has 2 N–H and O–H groups in total. The Labute approximate surface area is 135 Å². The van der Waals surface area contributed by atoms with E-state index in [0.717, 1.165) is 6.42 Å². The van der Waals surface area contributed by atoms with Gasteiger partial charge in [0.2, 0.25) is 11.8 Å². The fourth-order valence-corrected chi connectivity index (χ4v) is 2.80. The molecule has 0 aromatic heterocycles. The van der Waals surface area contributed by atoms with Gasteiger partial charge in [0.1, 0.15) is 6.04 Å². The highest BCUT2D eigenvalue weighted by atomic mass is 16.2. The lowest BCUT2D eigenvalue weighted by atomic mass is 10.0. The number of hydrogen-bond donors (Lipinski definition) is 2. The third-order valence-electron chi connectivity index (χ3n) is 4.06. The summed E-state index contributed by atoms with van der Waals surface area (Å²) in [6, 6.07) is 18.2. The highest BCUT2D eigenvalue weighted by Crippen LogP contribution is 2.20. The van der Waals surface area contributed by atoms with Gasteiger partial charge in [-0.05, 0) is 29.5 Å². The zero-order valence-corrected chi connectivity index (χ0v) is 12.9. The van der Waals surface area contributed by atoms with E-state index in [1.807, 2.05) is 24.3 Å². The first-order chi connectivity index (χ1) is 11.2. The molecule has 0 aliphatic carbocycles. The van der Waals surface area contributed by atoms with Crippen molar-refractivity contribution in [3.63, 3.8) is 0 Å². The Kier molecular flexibility index (Phi) is 4.71. The minimum absolute atomic E-state index is 0.0410. The Bertz CT molecular complexity index is 698. The van der Waals surface area contributed by atoms with Crippen molar-refractivity contribution < 1.29 is 9.59 Å². The van der Waals surface area contributed by atoms with Crippen LogP contribution >= 0.6 is 0 Å². The Morgan fingerprint density at radius 2 is 1.87 bits per heavy atom. The van der Waals surface area contributed by atoms with Gasteiger partial charge in [0.25, 0.3) is 0 Å². The molecule has 1 atom stereocenters. The summed E-state index contributed by atoms with van der Waals surface area (Å²) in [5.41, 5.74) is 3.55. The molecular formula is C19H20N2O2. The number of carbonyl (C=O) groups is 2. The molecule has 0 bridgehead atoms. The van der Waals surface area contributed by atoms with Crippen LogP contribution in [0.15, 0.2) is 54.6 Å². The lowest BCUT2D eigenvalue weighted by Gasteiger charge is -2.11. The van der Waals surface area contributed by atoms with Crippen LogP contribution in [-0.2, 0) is 16.0 Å². The van der Waals surface area contributed by atoms with Crippen molar-refractivity contribution in [3.05, 3.63) is 60.2 Å². The topological polar surface area (TPSA) is 58.2 Å². The summed E-state index contributed by atoms with van der Waals surface area (Å²) in [5.74, 6) is -0.129. The standard InChI is InChI=1S/C19H20N2O2/c22-18-10-9-17(21-18)19(23)20-12-11-14-5-4-8-16(13-14)15-6-2-1-3-7-15/h1-8,13,17H,9-12H2,(H,20,23)(H,21,22)/t17-/m1/s1. The summed E-state index contributed by atoms with van der Waals surface area (Å²) < 4.78 is 0. The molecule has 2 aromatic carbocycles. The zero-order valence-electron chi connectivity index (χ0n) is 12.9. The maximum absolute atomic E-state index is 11.9. The first kappa shape index (κ1) is 15.3. The molecule has 4 heteroatoms. The third-order valence-corrected chi connectivity index (χ3v) is 4.06. The number of amides is 2. The van der Waals surface area contributed by atoms with Crippen molar-refractivity contribution in [2.45, 2.75) is 25.3 Å². The fraction of sp³-hybridized carbons (Fsp3) is 0.263. The Balaban J connectivity index is 1.55. The number of nitrogens with one attached hydrogen (secondary N) is 2. The van der Waals surface area contributed by atoms with Crippen LogP contribution in [0, 0.1) is 0 Å². The summed E-state index contributed by atoms with van der Waals surface area (Å²) in [6.45, 7) is 0.573. The van der Waals surface area contributed by atoms with Crippen molar-refractivity contribution in [1.29, 1.82) is 0 Å². The van der Waals surface area contributed by atoms with Crippen LogP contribution in [0.5, 0.6) is 0 Å². The monoisotopic (exact) mass is 308 g/mol. The normalized spacial score (nSPS) is 16.9. The minimum Gasteiger partial charge on any atom is -0.354 e. The molecule has 23 heavy (non-hydrogen) atoms. The summed E-state index contributed by atoms with van der Waals surface area (Å²) >= 11 is 0. The van der Waals surface area contributed by atoms with Gasteiger partial charge in [0, 0.05) is 13.0 Å². The van der Waals surface area contributed by atoms with Crippen LogP contribution in [0.2, 0.25) is 0 Å². The predicted molar refractivity (Wildman–Crippen MR) is 89.8 cm³/mol. The molecule has 4 nitrogen and oxygen atoms in total. The molecule has 2 aromatic rings. The van der Waals surface area contributed by atoms with Gasteiger partial charge in [-0.15, -0.1) is 0 Å². The first-order valence-electron chi connectivity index (χ1n) is 7.94. The molecule has 1 aliphatic rings. The van der Waals surface area contributed by atoms with Crippen LogP contribution in [0.1, 0.15) is 18.4 Å². The van der Waals surface area contributed by atoms with E-state index in [2.05, 4.69) is 41.0 Å². The zero-order chi connectivity index (χ0) is 16.1. The van der Waals surface area contributed by atoms with Gasteiger partial charge in [0.15, 0.2) is 0 Å². The van der Waals surface area contributed by atoms with E-state index < -0.39 is 0 Å². The third kappa shape index (κ3) is 3.97. The van der Waals surface area contributed by atoms with Crippen molar-refractivity contribution in [2.75, 3.05) is 6.54 Å². The largest absolute Gasteiger partial charge is 0.354 e. The molecule has 0 saturated carbocycles. The fourth-order valence-electron chi connectivity index (χ4n) is 2.80. The second-order valence-electron chi connectivity index (χ2n) is 5.77. The highest BCUT2D eigenvalue weighted by Gasteiger charge is 2.26. The van der Waals surface area contributed by atoms with Gasteiger partial charge >= 0.3 is 0 Å². The molecule has 1 heterocycles. The van der Waals surface area contributed by atoms with Gasteiger partial charge in [-0.2, -0.15) is 0 Å². The number of hydrogen-bond acceptors (Lipinski definition) is 2. The molecule has 1 fully saturated rings. The smallest absolute Gasteiger partial charge is 0.242 e. The Morgan fingerprint density at radius 3 is 2.61 bits per heavy atom. The second-order valence-corrected chi connectivity index (χ2v) is 5.77. The molecule has 118 valence electrons. The molecular weight excluding hydrogens is 288 g/mol.